The lowest BCUT2D eigenvalue weighted by Crippen LogP contribution is -2.21. The molecule has 1 aromatic carbocycles. The van der Waals surface area contributed by atoms with Gasteiger partial charge in [0.15, 0.2) is 18.1 Å². The molecule has 7 nitrogen and oxygen atoms in total. The number of esters is 1. The van der Waals surface area contributed by atoms with Crippen LogP contribution in [0.5, 0.6) is 0 Å². The Morgan fingerprint density at radius 3 is 2.92 bits per heavy atom. The lowest BCUT2D eigenvalue weighted by molar-refractivity contribution is -0.119. The number of halogens is 1. The Morgan fingerprint density at radius 1 is 1.36 bits per heavy atom. The van der Waals surface area contributed by atoms with Crippen molar-refractivity contribution in [3.63, 3.8) is 0 Å². The third kappa shape index (κ3) is 4.43. The number of thiazole rings is 1. The smallest absolute Gasteiger partial charge is 0.358 e. The minimum absolute atomic E-state index is 0.130. The van der Waals surface area contributed by atoms with E-state index in [1.165, 1.54) is 11.3 Å². The van der Waals surface area contributed by atoms with E-state index in [0.717, 1.165) is 5.56 Å². The molecule has 1 N–H and O–H groups in total. The molecule has 0 aliphatic rings. The second-order valence-corrected chi connectivity index (χ2v) is 6.29. The third-order valence-electron chi connectivity index (χ3n) is 3.01. The average Bonchev–Trinajstić information content (AvgIpc) is 3.22. The highest BCUT2D eigenvalue weighted by molar-refractivity contribution is 7.13. The standard InChI is InChI=1S/C16H12ClN3O4S/c1-9-5-13(20-24-9)19-14(21)7-23-16(22)12-8-25-15(18-12)10-3-2-4-11(17)6-10/h2-6,8H,7H2,1H3,(H,19,20,21). The fourth-order valence-corrected chi connectivity index (χ4v) is 2.91. The third-order valence-corrected chi connectivity index (χ3v) is 4.14. The van der Waals surface area contributed by atoms with Crippen molar-refractivity contribution in [3.05, 3.63) is 52.2 Å². The number of carbonyl (C=O) groups excluding carboxylic acids is 2. The van der Waals surface area contributed by atoms with Gasteiger partial charge in [-0.2, -0.15) is 0 Å². The van der Waals surface area contributed by atoms with Crippen molar-refractivity contribution in [1.82, 2.24) is 10.1 Å². The quantitative estimate of drug-likeness (QED) is 0.683. The van der Waals surface area contributed by atoms with Crippen molar-refractivity contribution in [3.8, 4) is 10.6 Å². The molecule has 0 radical (unpaired) electrons. The zero-order chi connectivity index (χ0) is 17.8. The van der Waals surface area contributed by atoms with Crippen molar-refractivity contribution in [2.24, 2.45) is 0 Å². The van der Waals surface area contributed by atoms with Crippen molar-refractivity contribution >= 4 is 40.6 Å². The molecular formula is C16H12ClN3O4S. The zero-order valence-electron chi connectivity index (χ0n) is 13.0. The largest absolute Gasteiger partial charge is 0.451 e. The van der Waals surface area contributed by atoms with E-state index in [-0.39, 0.29) is 11.5 Å². The Labute approximate surface area is 151 Å². The summed E-state index contributed by atoms with van der Waals surface area (Å²) >= 11 is 7.23. The van der Waals surface area contributed by atoms with E-state index in [1.54, 1.807) is 36.6 Å². The lowest BCUT2D eigenvalue weighted by Gasteiger charge is -2.02. The molecule has 3 aromatic rings. The van der Waals surface area contributed by atoms with E-state index in [0.29, 0.717) is 15.8 Å². The first-order chi connectivity index (χ1) is 12.0. The topological polar surface area (TPSA) is 94.3 Å². The number of anilines is 1. The minimum Gasteiger partial charge on any atom is -0.451 e. The number of ether oxygens (including phenoxy) is 1. The fourth-order valence-electron chi connectivity index (χ4n) is 1.93. The molecule has 2 aromatic heterocycles. The highest BCUT2D eigenvalue weighted by Gasteiger charge is 2.15. The van der Waals surface area contributed by atoms with Gasteiger partial charge in [0.05, 0.1) is 0 Å². The van der Waals surface area contributed by atoms with Crippen LogP contribution in [0.15, 0.2) is 40.2 Å². The van der Waals surface area contributed by atoms with Crippen molar-refractivity contribution in [2.75, 3.05) is 11.9 Å². The number of hydrogen-bond donors (Lipinski definition) is 1. The molecule has 9 heteroatoms. The maximum atomic E-state index is 12.0. The summed E-state index contributed by atoms with van der Waals surface area (Å²) in [6.45, 7) is 1.25. The van der Waals surface area contributed by atoms with Crippen LogP contribution in [0.3, 0.4) is 0 Å². The van der Waals surface area contributed by atoms with Crippen LogP contribution in [0, 0.1) is 6.92 Å². The van der Waals surface area contributed by atoms with Gasteiger partial charge in [0, 0.05) is 22.0 Å². The van der Waals surface area contributed by atoms with Gasteiger partial charge in [-0.1, -0.05) is 28.9 Å². The summed E-state index contributed by atoms with van der Waals surface area (Å²) in [4.78, 5) is 27.9. The van der Waals surface area contributed by atoms with E-state index >= 15 is 0 Å². The lowest BCUT2D eigenvalue weighted by atomic mass is 10.2. The zero-order valence-corrected chi connectivity index (χ0v) is 14.6. The molecule has 0 atom stereocenters. The van der Waals surface area contributed by atoms with Gasteiger partial charge in [-0.15, -0.1) is 11.3 Å². The molecule has 25 heavy (non-hydrogen) atoms. The van der Waals surface area contributed by atoms with Gasteiger partial charge in [-0.05, 0) is 19.1 Å². The van der Waals surface area contributed by atoms with Crippen molar-refractivity contribution in [1.29, 1.82) is 0 Å². The molecule has 0 bridgehead atoms. The predicted octanol–water partition coefficient (Wildman–Crippen LogP) is 3.56. The van der Waals surface area contributed by atoms with E-state index < -0.39 is 18.5 Å². The van der Waals surface area contributed by atoms with Gasteiger partial charge in [0.2, 0.25) is 0 Å². The first kappa shape index (κ1) is 17.1. The monoisotopic (exact) mass is 377 g/mol. The fraction of sp³-hybridized carbons (Fsp3) is 0.125. The number of hydrogen-bond acceptors (Lipinski definition) is 7. The molecule has 0 aliphatic heterocycles. The average molecular weight is 378 g/mol. The highest BCUT2D eigenvalue weighted by Crippen LogP contribution is 2.26. The number of nitrogens with zero attached hydrogens (tertiary/aromatic N) is 2. The van der Waals surface area contributed by atoms with Crippen LogP contribution < -0.4 is 5.32 Å². The number of amides is 1. The molecule has 2 heterocycles. The van der Waals surface area contributed by atoms with E-state index in [9.17, 15) is 9.59 Å². The number of aryl methyl sites for hydroxylation is 1. The second-order valence-electron chi connectivity index (χ2n) is 5.00. The Kier molecular flexibility index (Phi) is 5.11. The van der Waals surface area contributed by atoms with E-state index in [4.69, 9.17) is 20.9 Å². The van der Waals surface area contributed by atoms with E-state index in [1.807, 2.05) is 6.07 Å². The Balaban J connectivity index is 1.57. The molecule has 3 rings (SSSR count). The first-order valence-electron chi connectivity index (χ1n) is 7.13. The van der Waals surface area contributed by atoms with Crippen LogP contribution in [0.2, 0.25) is 5.02 Å². The predicted molar refractivity (Wildman–Crippen MR) is 92.7 cm³/mol. The molecule has 0 unspecified atom stereocenters. The Morgan fingerprint density at radius 2 is 2.20 bits per heavy atom. The summed E-state index contributed by atoms with van der Waals surface area (Å²) in [5.41, 5.74) is 0.931. The molecule has 0 saturated heterocycles. The summed E-state index contributed by atoms with van der Waals surface area (Å²) in [6.07, 6.45) is 0. The molecule has 0 fully saturated rings. The maximum Gasteiger partial charge on any atom is 0.358 e. The number of benzene rings is 1. The number of rotatable bonds is 5. The molecule has 0 aliphatic carbocycles. The van der Waals surface area contributed by atoms with Crippen LogP contribution >= 0.6 is 22.9 Å². The number of nitrogens with one attached hydrogen (secondary N) is 1. The van der Waals surface area contributed by atoms with Crippen LogP contribution in [-0.4, -0.2) is 28.6 Å². The summed E-state index contributed by atoms with van der Waals surface area (Å²) < 4.78 is 9.77. The van der Waals surface area contributed by atoms with Crippen LogP contribution in [-0.2, 0) is 9.53 Å². The van der Waals surface area contributed by atoms with Gasteiger partial charge in [0.1, 0.15) is 10.8 Å². The van der Waals surface area contributed by atoms with Crippen LogP contribution in [0.4, 0.5) is 5.82 Å². The van der Waals surface area contributed by atoms with Crippen molar-refractivity contribution in [2.45, 2.75) is 6.92 Å². The van der Waals surface area contributed by atoms with Crippen LogP contribution in [0.25, 0.3) is 10.6 Å². The van der Waals surface area contributed by atoms with Gasteiger partial charge in [-0.3, -0.25) is 4.79 Å². The summed E-state index contributed by atoms with van der Waals surface area (Å²) in [7, 11) is 0. The maximum absolute atomic E-state index is 12.0. The molecule has 0 saturated carbocycles. The number of aromatic nitrogens is 2. The number of carbonyl (C=O) groups is 2. The Bertz CT molecular complexity index is 922. The normalized spacial score (nSPS) is 10.5. The van der Waals surface area contributed by atoms with E-state index in [2.05, 4.69) is 15.5 Å². The summed E-state index contributed by atoms with van der Waals surface area (Å²) in [5.74, 6) is -0.387. The SMILES string of the molecule is Cc1cc(NC(=O)COC(=O)c2csc(-c3cccc(Cl)c3)n2)no1. The summed E-state index contributed by atoms with van der Waals surface area (Å²) in [6, 6.07) is 8.70. The van der Waals surface area contributed by atoms with Crippen LogP contribution in [0.1, 0.15) is 16.2 Å². The Hall–Kier alpha value is -2.71. The molecular weight excluding hydrogens is 366 g/mol. The molecule has 0 spiro atoms. The minimum atomic E-state index is -0.684. The second kappa shape index (κ2) is 7.45. The van der Waals surface area contributed by atoms with Gasteiger partial charge in [0.25, 0.3) is 5.91 Å². The summed E-state index contributed by atoms with van der Waals surface area (Å²) in [5, 5.41) is 8.85. The van der Waals surface area contributed by atoms with Crippen molar-refractivity contribution < 1.29 is 18.8 Å². The van der Waals surface area contributed by atoms with Gasteiger partial charge >= 0.3 is 5.97 Å². The molecule has 128 valence electrons. The highest BCUT2D eigenvalue weighted by atomic mass is 35.5. The molecule has 1 amide bonds. The first-order valence-corrected chi connectivity index (χ1v) is 8.39. The van der Waals surface area contributed by atoms with Gasteiger partial charge in [-0.25, -0.2) is 9.78 Å². The van der Waals surface area contributed by atoms with Gasteiger partial charge < -0.3 is 14.6 Å².